The van der Waals surface area contributed by atoms with Gasteiger partial charge in [-0.25, -0.2) is 0 Å². The van der Waals surface area contributed by atoms with E-state index in [2.05, 4.69) is 231 Å². The lowest BCUT2D eigenvalue weighted by molar-refractivity contribution is 0.490. The zero-order chi connectivity index (χ0) is 37.9. The molecule has 1 nitrogen and oxygen atoms in total. The number of para-hydroxylation sites is 2. The summed E-state index contributed by atoms with van der Waals surface area (Å²) in [5.74, 6) is 0. The van der Waals surface area contributed by atoms with E-state index in [4.69, 9.17) is 0 Å². The maximum absolute atomic E-state index is 2.46. The van der Waals surface area contributed by atoms with E-state index in [9.17, 15) is 0 Å². The Labute approximate surface area is 331 Å². The Kier molecular flexibility index (Phi) is 9.51. The van der Waals surface area contributed by atoms with Gasteiger partial charge in [0, 0.05) is 22.5 Å². The molecule has 1 aliphatic rings. The van der Waals surface area contributed by atoms with Crippen molar-refractivity contribution in [1.29, 1.82) is 0 Å². The van der Waals surface area contributed by atoms with Gasteiger partial charge in [0.25, 0.3) is 0 Å². The molecule has 0 N–H and O–H groups in total. The molecule has 8 aromatic rings. The maximum atomic E-state index is 2.46. The molecule has 0 amide bonds. The highest BCUT2D eigenvalue weighted by atomic mass is 15.1. The maximum Gasteiger partial charge on any atom is 0.0465 e. The molecule has 56 heavy (non-hydrogen) atoms. The van der Waals surface area contributed by atoms with Crippen molar-refractivity contribution in [3.05, 3.63) is 222 Å². The highest BCUT2D eigenvalue weighted by molar-refractivity contribution is 5.95. The highest BCUT2D eigenvalue weighted by Crippen LogP contribution is 2.54. The Balaban J connectivity index is 1.03. The Hall–Kier alpha value is -6.70. The van der Waals surface area contributed by atoms with Gasteiger partial charge in [-0.2, -0.15) is 0 Å². The van der Waals surface area contributed by atoms with Crippen LogP contribution in [0.2, 0.25) is 0 Å². The van der Waals surface area contributed by atoms with Crippen LogP contribution in [0.15, 0.2) is 200 Å². The van der Waals surface area contributed by atoms with Gasteiger partial charge >= 0.3 is 0 Å². The molecule has 1 aliphatic carbocycles. The van der Waals surface area contributed by atoms with Crippen LogP contribution in [0.3, 0.4) is 0 Å². The van der Waals surface area contributed by atoms with Crippen molar-refractivity contribution in [2.75, 3.05) is 4.90 Å². The summed E-state index contributed by atoms with van der Waals surface area (Å²) < 4.78 is 0. The Morgan fingerprint density at radius 2 is 0.839 bits per heavy atom. The van der Waals surface area contributed by atoms with Crippen LogP contribution in [0.25, 0.3) is 56.7 Å². The summed E-state index contributed by atoms with van der Waals surface area (Å²) in [4.78, 5) is 2.38. The lowest BCUT2D eigenvalue weighted by atomic mass is 9.73. The van der Waals surface area contributed by atoms with Crippen molar-refractivity contribution < 1.29 is 0 Å². The lowest BCUT2D eigenvalue weighted by Crippen LogP contribution is -2.23. The van der Waals surface area contributed by atoms with Crippen LogP contribution in [-0.4, -0.2) is 0 Å². The molecule has 0 atom stereocenters. The van der Waals surface area contributed by atoms with E-state index in [-0.39, 0.29) is 5.41 Å². The lowest BCUT2D eigenvalue weighted by Gasteiger charge is -2.32. The molecule has 0 heterocycles. The Morgan fingerprint density at radius 3 is 1.41 bits per heavy atom. The number of nitrogens with zero attached hydrogens (tertiary/aromatic N) is 1. The molecule has 0 fully saturated rings. The third-order valence-electron chi connectivity index (χ3n) is 11.8. The zero-order valence-corrected chi connectivity index (χ0v) is 32.1. The topological polar surface area (TPSA) is 3.24 Å². The first-order valence-corrected chi connectivity index (χ1v) is 19.9. The second-order valence-corrected chi connectivity index (χ2v) is 14.7. The first-order valence-electron chi connectivity index (χ1n) is 19.9. The number of benzene rings is 8. The van der Waals surface area contributed by atoms with Crippen LogP contribution < -0.4 is 4.90 Å². The first kappa shape index (κ1) is 35.0. The van der Waals surface area contributed by atoms with E-state index >= 15 is 0 Å². The SMILES string of the molecule is CCC1(CC)c2cc(/C=C/c3ccc(-c4cccc(-c5ccccc5)c4-c4ccccc4)cc3)ccc2-c2ccc(N(c3ccccc3)c3ccccc3)cc21. The van der Waals surface area contributed by atoms with Crippen molar-refractivity contribution in [2.24, 2.45) is 0 Å². The molecule has 270 valence electrons. The van der Waals surface area contributed by atoms with E-state index in [1.807, 2.05) is 0 Å². The number of rotatable bonds is 10. The summed E-state index contributed by atoms with van der Waals surface area (Å²) in [6.07, 6.45) is 6.60. The molecule has 8 aromatic carbocycles. The van der Waals surface area contributed by atoms with Gasteiger partial charge in [-0.3, -0.25) is 0 Å². The number of hydrogen-bond acceptors (Lipinski definition) is 1. The van der Waals surface area contributed by atoms with E-state index in [1.165, 1.54) is 72.4 Å². The smallest absolute Gasteiger partial charge is 0.0465 e. The summed E-state index contributed by atoms with van der Waals surface area (Å²) in [6, 6.07) is 72.8. The third-order valence-corrected chi connectivity index (χ3v) is 11.8. The van der Waals surface area contributed by atoms with Gasteiger partial charge in [-0.15, -0.1) is 0 Å². The van der Waals surface area contributed by atoms with E-state index in [1.54, 1.807) is 0 Å². The Bertz CT molecular complexity index is 2580. The van der Waals surface area contributed by atoms with Crippen LogP contribution in [-0.2, 0) is 5.41 Å². The van der Waals surface area contributed by atoms with Crippen LogP contribution in [0.4, 0.5) is 17.1 Å². The van der Waals surface area contributed by atoms with Crippen molar-refractivity contribution in [3.8, 4) is 44.5 Å². The summed E-state index contributed by atoms with van der Waals surface area (Å²) in [5.41, 5.74) is 18.8. The predicted molar refractivity (Wildman–Crippen MR) is 240 cm³/mol. The molecular formula is C55H45N. The first-order chi connectivity index (χ1) is 27.7. The van der Waals surface area contributed by atoms with Crippen molar-refractivity contribution in [2.45, 2.75) is 32.1 Å². The molecule has 0 radical (unpaired) electrons. The van der Waals surface area contributed by atoms with Gasteiger partial charge in [0.2, 0.25) is 0 Å². The van der Waals surface area contributed by atoms with Crippen LogP contribution in [0.5, 0.6) is 0 Å². The Morgan fingerprint density at radius 1 is 0.375 bits per heavy atom. The summed E-state index contributed by atoms with van der Waals surface area (Å²) in [7, 11) is 0. The van der Waals surface area contributed by atoms with Gasteiger partial charge in [0.1, 0.15) is 0 Å². The minimum absolute atomic E-state index is 0.0596. The van der Waals surface area contributed by atoms with Crippen LogP contribution >= 0.6 is 0 Å². The monoisotopic (exact) mass is 719 g/mol. The number of anilines is 3. The normalized spacial score (nSPS) is 12.7. The predicted octanol–water partition coefficient (Wildman–Crippen LogP) is 15.4. The van der Waals surface area contributed by atoms with Gasteiger partial charge in [0.05, 0.1) is 0 Å². The van der Waals surface area contributed by atoms with Crippen molar-refractivity contribution >= 4 is 29.2 Å². The molecule has 0 saturated carbocycles. The fourth-order valence-electron chi connectivity index (χ4n) is 8.89. The molecule has 0 bridgehead atoms. The molecule has 0 aromatic heterocycles. The van der Waals surface area contributed by atoms with E-state index < -0.39 is 0 Å². The largest absolute Gasteiger partial charge is 0.310 e. The molecule has 1 heteroatoms. The van der Waals surface area contributed by atoms with Crippen molar-refractivity contribution in [1.82, 2.24) is 0 Å². The van der Waals surface area contributed by atoms with Gasteiger partial charge in [-0.05, 0) is 116 Å². The molecule has 0 saturated heterocycles. The van der Waals surface area contributed by atoms with Crippen molar-refractivity contribution in [3.63, 3.8) is 0 Å². The average molecular weight is 720 g/mol. The van der Waals surface area contributed by atoms with Crippen LogP contribution in [0, 0.1) is 0 Å². The number of hydrogen-bond donors (Lipinski definition) is 0. The molecular weight excluding hydrogens is 675 g/mol. The zero-order valence-electron chi connectivity index (χ0n) is 32.1. The van der Waals surface area contributed by atoms with E-state index in [0.29, 0.717) is 0 Å². The second kappa shape index (κ2) is 15.2. The minimum Gasteiger partial charge on any atom is -0.310 e. The fraction of sp³-hybridized carbons (Fsp3) is 0.0909. The van der Waals surface area contributed by atoms with Gasteiger partial charge in [-0.1, -0.05) is 190 Å². The average Bonchev–Trinajstić information content (AvgIpc) is 3.55. The van der Waals surface area contributed by atoms with Gasteiger partial charge in [0.15, 0.2) is 0 Å². The molecule has 9 rings (SSSR count). The molecule has 0 unspecified atom stereocenters. The third kappa shape index (κ3) is 6.36. The van der Waals surface area contributed by atoms with Crippen LogP contribution in [0.1, 0.15) is 48.9 Å². The van der Waals surface area contributed by atoms with Gasteiger partial charge < -0.3 is 4.90 Å². The summed E-state index contributed by atoms with van der Waals surface area (Å²) in [5, 5.41) is 0. The standard InChI is InChI=1S/C55H45N/c1-3-55(4-2)52-38-41(32-36-50(52)51-37-35-47(39-53(51)55)56(45-22-13-7-14-23-45)46-24-15-8-16-25-46)29-28-40-30-33-43(34-31-40)49-27-17-26-48(42-18-9-5-10-19-42)54(49)44-20-11-6-12-21-44/h5-39H,3-4H2,1-2H3/b29-28+. The molecule has 0 aliphatic heterocycles. The fourth-order valence-corrected chi connectivity index (χ4v) is 8.89. The number of fused-ring (bicyclic) bond motifs is 3. The highest BCUT2D eigenvalue weighted by Gasteiger charge is 2.41. The summed E-state index contributed by atoms with van der Waals surface area (Å²) >= 11 is 0. The minimum atomic E-state index is -0.0596. The quantitative estimate of drug-likeness (QED) is 0.127. The summed E-state index contributed by atoms with van der Waals surface area (Å²) in [6.45, 7) is 4.70. The molecule has 0 spiro atoms. The second-order valence-electron chi connectivity index (χ2n) is 14.7. The van der Waals surface area contributed by atoms with E-state index in [0.717, 1.165) is 24.2 Å².